The van der Waals surface area contributed by atoms with Gasteiger partial charge >= 0.3 is 0 Å². The molecule has 0 aliphatic rings. The molecule has 0 unspecified atom stereocenters. The minimum Gasteiger partial charge on any atom is -0.378 e. The first-order chi connectivity index (χ1) is 8.04. The van der Waals surface area contributed by atoms with Crippen molar-refractivity contribution in [3.05, 3.63) is 48.3 Å². The molecule has 1 aromatic heterocycles. The summed E-state index contributed by atoms with van der Waals surface area (Å²) in [6, 6.07) is 9.82. The molecule has 1 N–H and O–H groups in total. The second-order valence-corrected chi connectivity index (χ2v) is 4.32. The van der Waals surface area contributed by atoms with E-state index in [2.05, 4.69) is 16.9 Å². The lowest BCUT2D eigenvalue weighted by Gasteiger charge is -2.05. The van der Waals surface area contributed by atoms with Gasteiger partial charge in [0.1, 0.15) is 5.60 Å². The molecule has 1 aromatic carbocycles. The minimum atomic E-state index is -0.977. The third-order valence-electron chi connectivity index (χ3n) is 2.12. The largest absolute Gasteiger partial charge is 0.378 e. The summed E-state index contributed by atoms with van der Waals surface area (Å²) in [5, 5.41) is 13.7. The van der Waals surface area contributed by atoms with Crippen molar-refractivity contribution in [2.75, 3.05) is 0 Å². The van der Waals surface area contributed by atoms with Crippen LogP contribution in [0.4, 0.5) is 0 Å². The summed E-state index contributed by atoms with van der Waals surface area (Å²) < 4.78 is 1.76. The Bertz CT molecular complexity index is 553. The Balaban J connectivity index is 2.25. The Morgan fingerprint density at radius 1 is 1.24 bits per heavy atom. The molecule has 0 aliphatic carbocycles. The second-order valence-electron chi connectivity index (χ2n) is 4.32. The molecule has 0 spiro atoms. The van der Waals surface area contributed by atoms with Gasteiger partial charge < -0.3 is 5.11 Å². The lowest BCUT2D eigenvalue weighted by Crippen LogP contribution is -2.14. The summed E-state index contributed by atoms with van der Waals surface area (Å²) in [4.78, 5) is 0. The molecule has 0 saturated heterocycles. The topological polar surface area (TPSA) is 38.1 Å². The van der Waals surface area contributed by atoms with Crippen molar-refractivity contribution in [1.82, 2.24) is 9.78 Å². The lowest BCUT2D eigenvalue weighted by molar-refractivity contribution is 0.143. The van der Waals surface area contributed by atoms with Crippen molar-refractivity contribution < 1.29 is 5.11 Å². The van der Waals surface area contributed by atoms with Crippen LogP contribution in [0.3, 0.4) is 0 Å². The van der Waals surface area contributed by atoms with Crippen LogP contribution in [0, 0.1) is 11.8 Å². The van der Waals surface area contributed by atoms with Crippen LogP contribution in [0.1, 0.15) is 19.4 Å². The first-order valence-electron chi connectivity index (χ1n) is 5.40. The van der Waals surface area contributed by atoms with E-state index in [1.54, 1.807) is 24.7 Å². The van der Waals surface area contributed by atoms with Crippen LogP contribution < -0.4 is 0 Å². The number of rotatable bonds is 1. The van der Waals surface area contributed by atoms with Gasteiger partial charge in [0, 0.05) is 6.20 Å². The van der Waals surface area contributed by atoms with Crippen LogP contribution in [0.5, 0.6) is 0 Å². The highest BCUT2D eigenvalue weighted by atomic mass is 16.3. The van der Waals surface area contributed by atoms with E-state index in [4.69, 9.17) is 0 Å². The zero-order valence-electron chi connectivity index (χ0n) is 9.88. The van der Waals surface area contributed by atoms with Crippen molar-refractivity contribution in [3.63, 3.8) is 0 Å². The summed E-state index contributed by atoms with van der Waals surface area (Å²) in [6.07, 6.45) is 3.53. The predicted molar refractivity (Wildman–Crippen MR) is 66.7 cm³/mol. The van der Waals surface area contributed by atoms with Gasteiger partial charge in [0.25, 0.3) is 0 Å². The van der Waals surface area contributed by atoms with Gasteiger partial charge in [0.05, 0.1) is 17.4 Å². The van der Waals surface area contributed by atoms with E-state index in [-0.39, 0.29) is 0 Å². The first kappa shape index (κ1) is 11.4. The molecule has 0 amide bonds. The fraction of sp³-hybridized carbons (Fsp3) is 0.214. The number of hydrogen-bond donors (Lipinski definition) is 1. The van der Waals surface area contributed by atoms with Crippen LogP contribution in [-0.2, 0) is 0 Å². The van der Waals surface area contributed by atoms with E-state index in [9.17, 15) is 5.11 Å². The van der Waals surface area contributed by atoms with Crippen LogP contribution in [0.15, 0.2) is 42.7 Å². The highest BCUT2D eigenvalue weighted by molar-refractivity contribution is 5.36. The van der Waals surface area contributed by atoms with Gasteiger partial charge in [0.2, 0.25) is 0 Å². The highest BCUT2D eigenvalue weighted by Gasteiger charge is 2.06. The van der Waals surface area contributed by atoms with Crippen LogP contribution in [-0.4, -0.2) is 20.5 Å². The third-order valence-corrected chi connectivity index (χ3v) is 2.12. The first-order valence-corrected chi connectivity index (χ1v) is 5.40. The van der Waals surface area contributed by atoms with E-state index in [1.807, 2.05) is 36.5 Å². The van der Waals surface area contributed by atoms with Gasteiger partial charge in [-0.3, -0.25) is 0 Å². The Morgan fingerprint density at radius 3 is 2.59 bits per heavy atom. The molecular formula is C14H14N2O. The molecule has 0 saturated carbocycles. The molecule has 17 heavy (non-hydrogen) atoms. The summed E-state index contributed by atoms with van der Waals surface area (Å²) in [5.41, 5.74) is 0.800. The Morgan fingerprint density at radius 2 is 1.94 bits per heavy atom. The van der Waals surface area contributed by atoms with Gasteiger partial charge in [-0.1, -0.05) is 30.0 Å². The Hall–Kier alpha value is -2.05. The number of hydrogen-bond acceptors (Lipinski definition) is 2. The van der Waals surface area contributed by atoms with Crippen molar-refractivity contribution >= 4 is 0 Å². The standard InChI is InChI=1S/C14H14N2O/c1-14(2,17)9-8-12-10-15-16(11-12)13-6-4-3-5-7-13/h3-7,10-11,17H,1-2H3. The van der Waals surface area contributed by atoms with E-state index < -0.39 is 5.60 Å². The summed E-state index contributed by atoms with van der Waals surface area (Å²) in [7, 11) is 0. The fourth-order valence-corrected chi connectivity index (χ4v) is 1.33. The molecule has 0 bridgehead atoms. The summed E-state index contributed by atoms with van der Waals surface area (Å²) in [6.45, 7) is 3.31. The molecule has 86 valence electrons. The van der Waals surface area contributed by atoms with E-state index >= 15 is 0 Å². The highest BCUT2D eigenvalue weighted by Crippen LogP contribution is 2.07. The normalized spacial score (nSPS) is 10.8. The maximum absolute atomic E-state index is 9.50. The van der Waals surface area contributed by atoms with Gasteiger partial charge in [0.15, 0.2) is 0 Å². The summed E-state index contributed by atoms with van der Waals surface area (Å²) in [5.74, 6) is 5.65. The maximum Gasteiger partial charge on any atom is 0.120 e. The smallest absolute Gasteiger partial charge is 0.120 e. The quantitative estimate of drug-likeness (QED) is 0.755. The van der Waals surface area contributed by atoms with Gasteiger partial charge in [-0.25, -0.2) is 4.68 Å². The number of benzene rings is 1. The molecule has 0 aliphatic heterocycles. The van der Waals surface area contributed by atoms with E-state index in [0.717, 1.165) is 11.3 Å². The fourth-order valence-electron chi connectivity index (χ4n) is 1.33. The Labute approximate surface area is 101 Å². The molecule has 2 rings (SSSR count). The molecule has 2 aromatic rings. The zero-order valence-corrected chi connectivity index (χ0v) is 9.88. The molecule has 3 heteroatoms. The van der Waals surface area contributed by atoms with Crippen LogP contribution in [0.25, 0.3) is 5.69 Å². The van der Waals surface area contributed by atoms with Crippen molar-refractivity contribution in [2.45, 2.75) is 19.4 Å². The van der Waals surface area contributed by atoms with Gasteiger partial charge in [-0.2, -0.15) is 5.10 Å². The second kappa shape index (κ2) is 4.44. The number of para-hydroxylation sites is 1. The van der Waals surface area contributed by atoms with Crippen molar-refractivity contribution in [3.8, 4) is 17.5 Å². The van der Waals surface area contributed by atoms with Gasteiger partial charge in [-0.15, -0.1) is 0 Å². The van der Waals surface area contributed by atoms with Crippen molar-refractivity contribution in [2.24, 2.45) is 0 Å². The van der Waals surface area contributed by atoms with E-state index in [1.165, 1.54) is 0 Å². The zero-order chi connectivity index (χ0) is 12.3. The van der Waals surface area contributed by atoms with Crippen molar-refractivity contribution in [1.29, 1.82) is 0 Å². The van der Waals surface area contributed by atoms with Crippen LogP contribution in [0.2, 0.25) is 0 Å². The number of nitrogens with zero attached hydrogens (tertiary/aromatic N) is 2. The number of aromatic nitrogens is 2. The minimum absolute atomic E-state index is 0.788. The maximum atomic E-state index is 9.50. The molecule has 0 atom stereocenters. The SMILES string of the molecule is CC(C)(O)C#Cc1cnn(-c2ccccc2)c1. The monoisotopic (exact) mass is 226 g/mol. The molecule has 3 nitrogen and oxygen atoms in total. The average molecular weight is 226 g/mol. The van der Waals surface area contributed by atoms with Crippen LogP contribution >= 0.6 is 0 Å². The Kier molecular flexibility index (Phi) is 2.99. The van der Waals surface area contributed by atoms with Gasteiger partial charge in [-0.05, 0) is 26.0 Å². The average Bonchev–Trinajstić information content (AvgIpc) is 2.75. The molecular weight excluding hydrogens is 212 g/mol. The number of aliphatic hydroxyl groups is 1. The molecule has 0 radical (unpaired) electrons. The summed E-state index contributed by atoms with van der Waals surface area (Å²) >= 11 is 0. The van der Waals surface area contributed by atoms with E-state index in [0.29, 0.717) is 0 Å². The molecule has 0 fully saturated rings. The lowest BCUT2D eigenvalue weighted by atomic mass is 10.1. The third kappa shape index (κ3) is 3.20. The molecule has 1 heterocycles. The predicted octanol–water partition coefficient (Wildman–Crippen LogP) is 1.99.